The minimum Gasteiger partial charge on any atom is -0.497 e. The number of fused-ring (bicyclic) bond motifs is 1. The molecule has 28 heavy (non-hydrogen) atoms. The number of methoxy groups -OCH3 is 1. The van der Waals surface area contributed by atoms with Crippen molar-refractivity contribution in [3.8, 4) is 11.8 Å². The van der Waals surface area contributed by atoms with Crippen LogP contribution in [0.4, 0.5) is 0 Å². The molecule has 0 atom stereocenters. The highest BCUT2D eigenvalue weighted by Crippen LogP contribution is 2.39. The van der Waals surface area contributed by atoms with Crippen molar-refractivity contribution < 1.29 is 9.84 Å². The number of nitrogens with zero attached hydrogens (tertiary/aromatic N) is 1. The number of rotatable bonds is 8. The molecule has 0 aliphatic heterocycles. The number of hydrogen-bond donors (Lipinski definition) is 1. The predicted molar refractivity (Wildman–Crippen MR) is 114 cm³/mol. The molecule has 146 valence electrons. The zero-order chi connectivity index (χ0) is 19.8. The van der Waals surface area contributed by atoms with Gasteiger partial charge in [-0.2, -0.15) is 5.26 Å². The molecule has 1 N–H and O–H groups in total. The van der Waals surface area contributed by atoms with Crippen LogP contribution in [0, 0.1) is 11.3 Å². The summed E-state index contributed by atoms with van der Waals surface area (Å²) in [4.78, 5) is 0. The molecule has 3 heteroatoms. The molecule has 0 amide bonds. The van der Waals surface area contributed by atoms with Gasteiger partial charge in [0.05, 0.1) is 18.7 Å². The molecule has 1 aliphatic carbocycles. The molecular formula is C25H29NO2. The fourth-order valence-electron chi connectivity index (χ4n) is 4.08. The zero-order valence-corrected chi connectivity index (χ0v) is 16.7. The Kier molecular flexibility index (Phi) is 7.28. The van der Waals surface area contributed by atoms with Gasteiger partial charge in [-0.25, -0.2) is 0 Å². The van der Waals surface area contributed by atoms with Crippen LogP contribution >= 0.6 is 0 Å². The lowest BCUT2D eigenvalue weighted by Crippen LogP contribution is -1.96. The van der Waals surface area contributed by atoms with Crippen LogP contribution in [0.2, 0.25) is 0 Å². The molecule has 1 aliphatic rings. The van der Waals surface area contributed by atoms with Crippen molar-refractivity contribution >= 4 is 11.1 Å². The number of benzene rings is 2. The van der Waals surface area contributed by atoms with E-state index in [1.54, 1.807) is 7.11 Å². The van der Waals surface area contributed by atoms with Crippen molar-refractivity contribution in [3.05, 3.63) is 64.7 Å². The van der Waals surface area contributed by atoms with Gasteiger partial charge in [0, 0.05) is 6.61 Å². The first-order valence-electron chi connectivity index (χ1n) is 10.3. The summed E-state index contributed by atoms with van der Waals surface area (Å²) in [6.45, 7) is 0.280. The third-order valence-electron chi connectivity index (χ3n) is 5.57. The molecule has 0 bridgehead atoms. The summed E-state index contributed by atoms with van der Waals surface area (Å²) in [5.41, 5.74) is 7.49. The van der Waals surface area contributed by atoms with E-state index >= 15 is 0 Å². The van der Waals surface area contributed by atoms with Crippen molar-refractivity contribution in [3.63, 3.8) is 0 Å². The average molecular weight is 376 g/mol. The number of nitriles is 1. The summed E-state index contributed by atoms with van der Waals surface area (Å²) in [5.74, 6) is 0.919. The van der Waals surface area contributed by atoms with Gasteiger partial charge in [-0.15, -0.1) is 0 Å². The van der Waals surface area contributed by atoms with Gasteiger partial charge in [0.1, 0.15) is 5.75 Å². The second kappa shape index (κ2) is 10.1. The number of ether oxygens (including phenoxy) is 1. The maximum Gasteiger partial charge on any atom is 0.119 e. The molecule has 3 nitrogen and oxygen atoms in total. The lowest BCUT2D eigenvalue weighted by atomic mass is 9.89. The van der Waals surface area contributed by atoms with E-state index in [0.717, 1.165) is 57.1 Å². The van der Waals surface area contributed by atoms with Crippen LogP contribution in [0.1, 0.15) is 67.2 Å². The molecule has 2 aromatic rings. The number of aliphatic hydroxyl groups is 1. The van der Waals surface area contributed by atoms with Crippen LogP contribution in [0.5, 0.6) is 5.75 Å². The van der Waals surface area contributed by atoms with Crippen molar-refractivity contribution in [1.82, 2.24) is 0 Å². The molecule has 0 saturated carbocycles. The third kappa shape index (κ3) is 4.82. The highest BCUT2D eigenvalue weighted by molar-refractivity contribution is 5.92. The van der Waals surface area contributed by atoms with Gasteiger partial charge in [-0.3, -0.25) is 0 Å². The second-order valence-corrected chi connectivity index (χ2v) is 7.41. The highest BCUT2D eigenvalue weighted by atomic mass is 16.5. The van der Waals surface area contributed by atoms with Gasteiger partial charge in [0.15, 0.2) is 0 Å². The zero-order valence-electron chi connectivity index (χ0n) is 16.7. The SMILES string of the molecule is COc1ccc2c(c1)CCCC(c1ccc(C#N)cc1)=C2CCCCCCO. The van der Waals surface area contributed by atoms with Crippen LogP contribution < -0.4 is 4.74 Å². The largest absolute Gasteiger partial charge is 0.497 e. The summed E-state index contributed by atoms with van der Waals surface area (Å²) >= 11 is 0. The number of unbranched alkanes of at least 4 members (excludes halogenated alkanes) is 3. The van der Waals surface area contributed by atoms with E-state index in [4.69, 9.17) is 15.1 Å². The highest BCUT2D eigenvalue weighted by Gasteiger charge is 2.19. The normalized spacial score (nSPS) is 13.6. The summed E-state index contributed by atoms with van der Waals surface area (Å²) in [5, 5.41) is 18.1. The molecule has 0 radical (unpaired) electrons. The van der Waals surface area contributed by atoms with Gasteiger partial charge in [-0.1, -0.05) is 31.0 Å². The maximum absolute atomic E-state index is 9.11. The van der Waals surface area contributed by atoms with Crippen LogP contribution in [-0.4, -0.2) is 18.8 Å². The lowest BCUT2D eigenvalue weighted by molar-refractivity contribution is 0.282. The quantitative estimate of drug-likeness (QED) is 0.597. The number of allylic oxidation sites excluding steroid dienone is 2. The molecule has 0 spiro atoms. The van der Waals surface area contributed by atoms with E-state index in [1.807, 2.05) is 12.1 Å². The molecule has 0 saturated heterocycles. The van der Waals surface area contributed by atoms with Crippen molar-refractivity contribution in [1.29, 1.82) is 5.26 Å². The first-order chi connectivity index (χ1) is 13.8. The Balaban J connectivity index is 1.98. The molecule has 3 rings (SSSR count). The van der Waals surface area contributed by atoms with E-state index in [9.17, 15) is 0 Å². The maximum atomic E-state index is 9.11. The Hall–Kier alpha value is -2.57. The van der Waals surface area contributed by atoms with Gasteiger partial charge >= 0.3 is 0 Å². The molecule has 0 unspecified atom stereocenters. The Morgan fingerprint density at radius 2 is 1.79 bits per heavy atom. The smallest absolute Gasteiger partial charge is 0.119 e. The number of aliphatic hydroxyl groups excluding tert-OH is 1. The van der Waals surface area contributed by atoms with Crippen LogP contribution in [0.3, 0.4) is 0 Å². The molecule has 0 heterocycles. The summed E-state index contributed by atoms with van der Waals surface area (Å²) < 4.78 is 5.45. The summed E-state index contributed by atoms with van der Waals surface area (Å²) in [6.07, 6.45) is 8.48. The summed E-state index contributed by atoms with van der Waals surface area (Å²) in [6, 6.07) is 16.7. The fraction of sp³-hybridized carbons (Fsp3) is 0.400. The molecular weight excluding hydrogens is 346 g/mol. The monoisotopic (exact) mass is 375 g/mol. The number of hydrogen-bond acceptors (Lipinski definition) is 3. The van der Waals surface area contributed by atoms with Crippen LogP contribution in [0.25, 0.3) is 11.1 Å². The number of aryl methyl sites for hydroxylation is 1. The fourth-order valence-corrected chi connectivity index (χ4v) is 4.08. The predicted octanol–water partition coefficient (Wildman–Crippen LogP) is 5.76. The Labute approximate surface area is 168 Å². The Morgan fingerprint density at radius 1 is 1.00 bits per heavy atom. The Morgan fingerprint density at radius 3 is 2.50 bits per heavy atom. The topological polar surface area (TPSA) is 53.2 Å². The van der Waals surface area contributed by atoms with E-state index in [0.29, 0.717) is 5.56 Å². The van der Waals surface area contributed by atoms with Crippen molar-refractivity contribution in [2.24, 2.45) is 0 Å². The van der Waals surface area contributed by atoms with Crippen molar-refractivity contribution in [2.45, 2.75) is 51.4 Å². The first-order valence-corrected chi connectivity index (χ1v) is 10.3. The second-order valence-electron chi connectivity index (χ2n) is 7.41. The van der Waals surface area contributed by atoms with Crippen LogP contribution in [0.15, 0.2) is 42.5 Å². The van der Waals surface area contributed by atoms with Crippen LogP contribution in [-0.2, 0) is 6.42 Å². The van der Waals surface area contributed by atoms with E-state index in [2.05, 4.69) is 36.4 Å². The van der Waals surface area contributed by atoms with E-state index in [-0.39, 0.29) is 6.61 Å². The van der Waals surface area contributed by atoms with Crippen molar-refractivity contribution in [2.75, 3.05) is 13.7 Å². The van der Waals surface area contributed by atoms with E-state index in [1.165, 1.54) is 27.8 Å². The van der Waals surface area contributed by atoms with Gasteiger partial charge < -0.3 is 9.84 Å². The molecule has 2 aromatic carbocycles. The minimum absolute atomic E-state index is 0.280. The Bertz CT molecular complexity index is 859. The summed E-state index contributed by atoms with van der Waals surface area (Å²) in [7, 11) is 1.72. The van der Waals surface area contributed by atoms with Gasteiger partial charge in [0.25, 0.3) is 0 Å². The molecule has 0 aromatic heterocycles. The lowest BCUT2D eigenvalue weighted by Gasteiger charge is -2.17. The third-order valence-corrected chi connectivity index (χ3v) is 5.57. The van der Waals surface area contributed by atoms with Gasteiger partial charge in [0.2, 0.25) is 0 Å². The minimum atomic E-state index is 0.280. The molecule has 0 fully saturated rings. The standard InChI is InChI=1S/C25H29NO2/c1-28-22-14-15-24-21(17-22)7-6-9-23(20-12-10-19(18-26)11-13-20)25(24)8-4-2-3-5-16-27/h10-15,17,27H,2-9,16H2,1H3. The first kappa shape index (κ1) is 20.2. The average Bonchev–Trinajstić information content (AvgIpc) is 2.92. The van der Waals surface area contributed by atoms with E-state index < -0.39 is 0 Å². The van der Waals surface area contributed by atoms with Gasteiger partial charge in [-0.05, 0) is 90.6 Å².